The van der Waals surface area contributed by atoms with Crippen LogP contribution in [-0.2, 0) is 4.79 Å². The highest BCUT2D eigenvalue weighted by molar-refractivity contribution is 8.00. The molecule has 19 heavy (non-hydrogen) atoms. The van der Waals surface area contributed by atoms with Gasteiger partial charge < -0.3 is 11.1 Å². The number of nitrogens with zero attached hydrogens (tertiary/aromatic N) is 1. The molecule has 0 fully saturated rings. The molecule has 108 valence electrons. The molecule has 0 aliphatic rings. The molecule has 0 radical (unpaired) electrons. The molecule has 1 heterocycles. The van der Waals surface area contributed by atoms with E-state index in [0.29, 0.717) is 18.2 Å². The number of thioether (sulfide) groups is 1. The van der Waals surface area contributed by atoms with Gasteiger partial charge in [-0.2, -0.15) is 0 Å². The van der Waals surface area contributed by atoms with Crippen molar-refractivity contribution in [3.63, 3.8) is 0 Å². The summed E-state index contributed by atoms with van der Waals surface area (Å²) in [5, 5.41) is 2.97. The van der Waals surface area contributed by atoms with Gasteiger partial charge in [0, 0.05) is 29.9 Å². The second-order valence-corrected chi connectivity index (χ2v) is 5.65. The van der Waals surface area contributed by atoms with Crippen molar-refractivity contribution in [2.75, 3.05) is 12.3 Å². The fraction of sp³-hybridized carbons (Fsp3) is 0.538. The maximum atomic E-state index is 11.8. The molecule has 3 N–H and O–H groups in total. The molecule has 1 aromatic heterocycles. The quantitative estimate of drug-likeness (QED) is 0.757. The zero-order valence-electron chi connectivity index (χ0n) is 11.3. The number of pyridine rings is 1. The SMILES string of the molecule is CC(C)CC(CN)NC(=O)CSc1ccncc1.Cl. The molecule has 4 nitrogen and oxygen atoms in total. The first-order valence-corrected chi connectivity index (χ1v) is 7.12. The Morgan fingerprint density at radius 1 is 1.42 bits per heavy atom. The summed E-state index contributed by atoms with van der Waals surface area (Å²) in [6.07, 6.45) is 4.37. The first-order valence-electron chi connectivity index (χ1n) is 6.14. The van der Waals surface area contributed by atoms with Gasteiger partial charge in [0.1, 0.15) is 0 Å². The molecule has 1 aromatic rings. The molecule has 1 rings (SSSR count). The normalized spacial score (nSPS) is 11.8. The molecule has 0 spiro atoms. The molecular weight excluding hydrogens is 282 g/mol. The van der Waals surface area contributed by atoms with Gasteiger partial charge in [0.15, 0.2) is 0 Å². The van der Waals surface area contributed by atoms with Gasteiger partial charge in [0.2, 0.25) is 5.91 Å². The van der Waals surface area contributed by atoms with Crippen LogP contribution in [0, 0.1) is 5.92 Å². The Kier molecular flexibility index (Phi) is 9.65. The Morgan fingerprint density at radius 2 is 2.05 bits per heavy atom. The highest BCUT2D eigenvalue weighted by Gasteiger charge is 2.12. The van der Waals surface area contributed by atoms with Crippen molar-refractivity contribution < 1.29 is 4.79 Å². The Morgan fingerprint density at radius 3 is 2.58 bits per heavy atom. The lowest BCUT2D eigenvalue weighted by Gasteiger charge is -2.18. The van der Waals surface area contributed by atoms with E-state index in [1.807, 2.05) is 12.1 Å². The van der Waals surface area contributed by atoms with Gasteiger partial charge in [0.25, 0.3) is 0 Å². The van der Waals surface area contributed by atoms with Crippen molar-refractivity contribution >= 4 is 30.1 Å². The minimum Gasteiger partial charge on any atom is -0.351 e. The van der Waals surface area contributed by atoms with Crippen LogP contribution < -0.4 is 11.1 Å². The van der Waals surface area contributed by atoms with Gasteiger partial charge in [-0.25, -0.2) is 0 Å². The van der Waals surface area contributed by atoms with Crippen LogP contribution in [0.2, 0.25) is 0 Å². The number of aromatic nitrogens is 1. The molecule has 0 aromatic carbocycles. The van der Waals surface area contributed by atoms with Crippen molar-refractivity contribution in [2.45, 2.75) is 31.2 Å². The zero-order valence-corrected chi connectivity index (χ0v) is 13.0. The third-order valence-electron chi connectivity index (χ3n) is 2.43. The molecule has 1 amide bonds. The van der Waals surface area contributed by atoms with Crippen molar-refractivity contribution in [2.24, 2.45) is 11.7 Å². The number of carbonyl (C=O) groups excluding carboxylic acids is 1. The number of carbonyl (C=O) groups is 1. The number of nitrogens with one attached hydrogen (secondary N) is 1. The maximum absolute atomic E-state index is 11.8. The lowest BCUT2D eigenvalue weighted by molar-refractivity contribution is -0.119. The summed E-state index contributed by atoms with van der Waals surface area (Å²) < 4.78 is 0. The Hall–Kier alpha value is -0.780. The van der Waals surface area contributed by atoms with Crippen LogP contribution in [0.3, 0.4) is 0 Å². The predicted molar refractivity (Wildman–Crippen MR) is 82.6 cm³/mol. The third kappa shape index (κ3) is 8.08. The van der Waals surface area contributed by atoms with E-state index in [2.05, 4.69) is 24.1 Å². The molecule has 0 aliphatic heterocycles. The van der Waals surface area contributed by atoms with Gasteiger partial charge in [-0.05, 0) is 24.5 Å². The first-order chi connectivity index (χ1) is 8.61. The van der Waals surface area contributed by atoms with Crippen LogP contribution in [0.4, 0.5) is 0 Å². The van der Waals surface area contributed by atoms with Gasteiger partial charge in [-0.15, -0.1) is 24.2 Å². The molecule has 6 heteroatoms. The van der Waals surface area contributed by atoms with Crippen molar-refractivity contribution in [3.8, 4) is 0 Å². The predicted octanol–water partition coefficient (Wildman–Crippen LogP) is 2.09. The maximum Gasteiger partial charge on any atom is 0.230 e. The van der Waals surface area contributed by atoms with Gasteiger partial charge >= 0.3 is 0 Å². The largest absolute Gasteiger partial charge is 0.351 e. The second-order valence-electron chi connectivity index (χ2n) is 4.60. The summed E-state index contributed by atoms with van der Waals surface area (Å²) in [5.74, 6) is 0.984. The van der Waals surface area contributed by atoms with Gasteiger partial charge in [-0.1, -0.05) is 13.8 Å². The molecular formula is C13H22ClN3OS. The Labute approximate surface area is 125 Å². The first kappa shape index (κ1) is 18.2. The van der Waals surface area contributed by atoms with Crippen LogP contribution >= 0.6 is 24.2 Å². The van der Waals surface area contributed by atoms with E-state index in [1.165, 1.54) is 11.8 Å². The van der Waals surface area contributed by atoms with E-state index >= 15 is 0 Å². The molecule has 0 saturated heterocycles. The average molecular weight is 304 g/mol. The number of amides is 1. The lowest BCUT2D eigenvalue weighted by Crippen LogP contribution is -2.41. The minimum atomic E-state index is 0. The van der Waals surface area contributed by atoms with Crippen molar-refractivity contribution in [3.05, 3.63) is 24.5 Å². The zero-order chi connectivity index (χ0) is 13.4. The van der Waals surface area contributed by atoms with E-state index < -0.39 is 0 Å². The topological polar surface area (TPSA) is 68.0 Å². The monoisotopic (exact) mass is 303 g/mol. The summed E-state index contributed by atoms with van der Waals surface area (Å²) in [4.78, 5) is 16.7. The van der Waals surface area contributed by atoms with E-state index in [4.69, 9.17) is 5.73 Å². The van der Waals surface area contributed by atoms with Crippen LogP contribution in [0.1, 0.15) is 20.3 Å². The van der Waals surface area contributed by atoms with Crippen LogP contribution in [0.15, 0.2) is 29.4 Å². The highest BCUT2D eigenvalue weighted by atomic mass is 35.5. The summed E-state index contributed by atoms with van der Waals surface area (Å²) in [7, 11) is 0. The number of halogens is 1. The van der Waals surface area contributed by atoms with E-state index in [-0.39, 0.29) is 24.4 Å². The fourth-order valence-corrected chi connectivity index (χ4v) is 2.33. The standard InChI is InChI=1S/C13H21N3OS.ClH/c1-10(2)7-11(8-14)16-13(17)9-18-12-3-5-15-6-4-12;/h3-6,10-11H,7-9,14H2,1-2H3,(H,16,17);1H. The number of hydrogen-bond donors (Lipinski definition) is 2. The number of hydrogen-bond acceptors (Lipinski definition) is 4. The van der Waals surface area contributed by atoms with Crippen LogP contribution in [0.25, 0.3) is 0 Å². The van der Waals surface area contributed by atoms with Gasteiger partial charge in [0.05, 0.1) is 5.75 Å². The van der Waals surface area contributed by atoms with E-state index in [9.17, 15) is 4.79 Å². The summed E-state index contributed by atoms with van der Waals surface area (Å²) in [5.41, 5.74) is 5.65. The second kappa shape index (κ2) is 10.1. The van der Waals surface area contributed by atoms with E-state index in [0.717, 1.165) is 11.3 Å². The smallest absolute Gasteiger partial charge is 0.230 e. The van der Waals surface area contributed by atoms with E-state index in [1.54, 1.807) is 12.4 Å². The Bertz CT molecular complexity index is 362. The van der Waals surface area contributed by atoms with Crippen LogP contribution in [0.5, 0.6) is 0 Å². The lowest BCUT2D eigenvalue weighted by atomic mass is 10.0. The molecule has 0 bridgehead atoms. The van der Waals surface area contributed by atoms with Crippen LogP contribution in [-0.4, -0.2) is 29.2 Å². The molecule has 1 atom stereocenters. The molecule has 1 unspecified atom stereocenters. The number of rotatable bonds is 7. The Balaban J connectivity index is 0.00000324. The summed E-state index contributed by atoms with van der Waals surface area (Å²) in [6.45, 7) is 4.74. The number of nitrogens with two attached hydrogens (primary N) is 1. The van der Waals surface area contributed by atoms with Crippen molar-refractivity contribution in [1.29, 1.82) is 0 Å². The minimum absolute atomic E-state index is 0. The molecule has 0 aliphatic carbocycles. The van der Waals surface area contributed by atoms with Crippen molar-refractivity contribution in [1.82, 2.24) is 10.3 Å². The average Bonchev–Trinajstić information content (AvgIpc) is 2.36. The van der Waals surface area contributed by atoms with Gasteiger partial charge in [-0.3, -0.25) is 9.78 Å². The fourth-order valence-electron chi connectivity index (χ4n) is 1.64. The summed E-state index contributed by atoms with van der Waals surface area (Å²) >= 11 is 1.51. The summed E-state index contributed by atoms with van der Waals surface area (Å²) in [6, 6.07) is 3.87. The third-order valence-corrected chi connectivity index (χ3v) is 3.44. The highest BCUT2D eigenvalue weighted by Crippen LogP contribution is 2.15. The molecule has 0 saturated carbocycles.